The van der Waals surface area contributed by atoms with Crippen molar-refractivity contribution in [3.63, 3.8) is 0 Å². The maximum atomic E-state index is 3.84. The van der Waals surface area contributed by atoms with Gasteiger partial charge in [0.05, 0.1) is 0 Å². The van der Waals surface area contributed by atoms with E-state index in [0.29, 0.717) is 0 Å². The van der Waals surface area contributed by atoms with Gasteiger partial charge in [-0.15, -0.1) is 22.7 Å². The first-order valence-corrected chi connectivity index (χ1v) is 9.05. The Morgan fingerprint density at radius 3 is 1.75 bits per heavy atom. The highest BCUT2D eigenvalue weighted by atomic mass is 32.1. The van der Waals surface area contributed by atoms with Crippen molar-refractivity contribution in [1.29, 1.82) is 0 Å². The van der Waals surface area contributed by atoms with E-state index in [4.69, 9.17) is 0 Å². The first kappa shape index (κ1) is 13.1. The van der Waals surface area contributed by atoms with Gasteiger partial charge in [0, 0.05) is 26.2 Å². The summed E-state index contributed by atoms with van der Waals surface area (Å²) < 4.78 is 0. The Kier molecular flexibility index (Phi) is 2.45. The summed E-state index contributed by atoms with van der Waals surface area (Å²) in [6, 6.07) is 4.76. The first-order valence-electron chi connectivity index (χ1n) is 7.29. The van der Waals surface area contributed by atoms with Crippen LogP contribution in [0.2, 0.25) is 0 Å². The minimum Gasteiger partial charge on any atom is -0.307 e. The molecule has 2 aromatic rings. The summed E-state index contributed by atoms with van der Waals surface area (Å²) in [5.41, 5.74) is 3.75. The molecule has 2 aromatic heterocycles. The van der Waals surface area contributed by atoms with Gasteiger partial charge in [-0.25, -0.2) is 0 Å². The summed E-state index contributed by atoms with van der Waals surface area (Å²) in [5, 5.41) is 8.39. The van der Waals surface area contributed by atoms with Crippen LogP contribution in [0.3, 0.4) is 0 Å². The molecule has 1 fully saturated rings. The monoisotopic (exact) mass is 303 g/mol. The smallest absolute Gasteiger partial charge is 0.0486 e. The van der Waals surface area contributed by atoms with Crippen LogP contribution in [0.15, 0.2) is 22.9 Å². The molecule has 0 unspecified atom stereocenters. The van der Waals surface area contributed by atoms with Crippen LogP contribution < -0.4 is 5.32 Å². The van der Waals surface area contributed by atoms with Crippen LogP contribution in [0.5, 0.6) is 0 Å². The van der Waals surface area contributed by atoms with Gasteiger partial charge in [0.2, 0.25) is 0 Å². The molecule has 0 saturated carbocycles. The van der Waals surface area contributed by atoms with Crippen molar-refractivity contribution in [1.82, 2.24) is 5.32 Å². The van der Waals surface area contributed by atoms with E-state index in [0.717, 1.165) is 0 Å². The summed E-state index contributed by atoms with van der Waals surface area (Å²) in [6.07, 6.45) is 2.38. The van der Waals surface area contributed by atoms with E-state index < -0.39 is 0 Å². The summed E-state index contributed by atoms with van der Waals surface area (Å²) >= 11 is 3.83. The first-order chi connectivity index (χ1) is 9.33. The number of fused-ring (bicyclic) bond motifs is 5. The molecule has 1 aliphatic heterocycles. The molecule has 20 heavy (non-hydrogen) atoms. The predicted octanol–water partition coefficient (Wildman–Crippen LogP) is 5.02. The fraction of sp³-hybridized carbons (Fsp3) is 0.529. The second-order valence-electron chi connectivity index (χ2n) is 7.66. The molecule has 2 aliphatic rings. The van der Waals surface area contributed by atoms with Gasteiger partial charge >= 0.3 is 0 Å². The average Bonchev–Trinajstić information content (AvgIpc) is 2.95. The van der Waals surface area contributed by atoms with Crippen LogP contribution in [0, 0.1) is 0 Å². The summed E-state index contributed by atoms with van der Waals surface area (Å²) in [7, 11) is 0. The molecular weight excluding hydrogens is 282 g/mol. The molecule has 1 N–H and O–H groups in total. The largest absolute Gasteiger partial charge is 0.307 e. The van der Waals surface area contributed by atoms with Crippen LogP contribution in [0.4, 0.5) is 0 Å². The third-order valence-electron chi connectivity index (χ3n) is 4.73. The Hall–Kier alpha value is -0.640. The van der Waals surface area contributed by atoms with Crippen molar-refractivity contribution in [3.8, 4) is 9.75 Å². The highest BCUT2D eigenvalue weighted by Crippen LogP contribution is 2.60. The molecule has 3 heteroatoms. The Balaban J connectivity index is 1.97. The molecule has 0 aromatic carbocycles. The standard InChI is InChI=1S/C17H21NS2/c1-15(2)9-17(10-16(3,4)18-15)11-5-7-19-13(11)14-12(17)6-8-20-14/h5-8,18H,9-10H2,1-4H3. The number of hydrogen-bond acceptors (Lipinski definition) is 3. The molecule has 106 valence electrons. The van der Waals surface area contributed by atoms with Crippen molar-refractivity contribution in [2.75, 3.05) is 0 Å². The number of thiophene rings is 2. The number of piperidine rings is 1. The van der Waals surface area contributed by atoms with Crippen LogP contribution in [0.25, 0.3) is 9.75 Å². The Bertz CT molecular complexity index is 616. The zero-order chi connectivity index (χ0) is 14.2. The highest BCUT2D eigenvalue weighted by molar-refractivity contribution is 7.21. The Morgan fingerprint density at radius 2 is 1.30 bits per heavy atom. The van der Waals surface area contributed by atoms with Gasteiger partial charge in [0.1, 0.15) is 0 Å². The molecule has 0 atom stereocenters. The van der Waals surface area contributed by atoms with E-state index in [2.05, 4.69) is 55.9 Å². The SMILES string of the molecule is CC1(C)CC2(CC(C)(C)N1)c1ccsc1-c1sccc12. The van der Waals surface area contributed by atoms with E-state index in [-0.39, 0.29) is 16.5 Å². The molecule has 0 bridgehead atoms. The summed E-state index contributed by atoms with van der Waals surface area (Å²) in [6.45, 7) is 9.41. The molecule has 1 aliphatic carbocycles. The minimum absolute atomic E-state index is 0.171. The lowest BCUT2D eigenvalue weighted by Gasteiger charge is -2.52. The fourth-order valence-electron chi connectivity index (χ4n) is 4.83. The molecule has 0 radical (unpaired) electrons. The Labute approximate surface area is 129 Å². The van der Waals surface area contributed by atoms with Gasteiger partial charge in [0.25, 0.3) is 0 Å². The zero-order valence-electron chi connectivity index (χ0n) is 12.5. The second kappa shape index (κ2) is 3.76. The maximum Gasteiger partial charge on any atom is 0.0486 e. The number of nitrogens with one attached hydrogen (secondary N) is 1. The molecule has 1 nitrogen and oxygen atoms in total. The van der Waals surface area contributed by atoms with Gasteiger partial charge in [-0.05, 0) is 74.6 Å². The topological polar surface area (TPSA) is 12.0 Å². The van der Waals surface area contributed by atoms with Crippen molar-refractivity contribution in [3.05, 3.63) is 34.0 Å². The number of rotatable bonds is 0. The third kappa shape index (κ3) is 1.63. The lowest BCUT2D eigenvalue weighted by Crippen LogP contribution is -2.62. The molecule has 3 heterocycles. The Morgan fingerprint density at radius 1 is 0.850 bits per heavy atom. The van der Waals surface area contributed by atoms with Crippen molar-refractivity contribution < 1.29 is 0 Å². The molecule has 1 spiro atoms. The van der Waals surface area contributed by atoms with Gasteiger partial charge in [0.15, 0.2) is 0 Å². The zero-order valence-corrected chi connectivity index (χ0v) is 14.2. The average molecular weight is 303 g/mol. The van der Waals surface area contributed by atoms with Crippen LogP contribution >= 0.6 is 22.7 Å². The van der Waals surface area contributed by atoms with Gasteiger partial charge < -0.3 is 5.32 Å². The quantitative estimate of drug-likeness (QED) is 0.721. The van der Waals surface area contributed by atoms with Crippen LogP contribution in [-0.4, -0.2) is 11.1 Å². The lowest BCUT2D eigenvalue weighted by molar-refractivity contribution is 0.125. The third-order valence-corrected chi connectivity index (χ3v) is 6.73. The van der Waals surface area contributed by atoms with Crippen molar-refractivity contribution in [2.24, 2.45) is 0 Å². The highest BCUT2D eigenvalue weighted by Gasteiger charge is 2.53. The molecule has 0 amide bonds. The minimum atomic E-state index is 0.171. The molecule has 1 saturated heterocycles. The van der Waals surface area contributed by atoms with Gasteiger partial charge in [-0.3, -0.25) is 0 Å². The van der Waals surface area contributed by atoms with Gasteiger partial charge in [-0.2, -0.15) is 0 Å². The van der Waals surface area contributed by atoms with Gasteiger partial charge in [-0.1, -0.05) is 0 Å². The van der Waals surface area contributed by atoms with Crippen LogP contribution in [-0.2, 0) is 5.41 Å². The van der Waals surface area contributed by atoms with E-state index in [1.54, 1.807) is 11.1 Å². The molecule has 4 rings (SSSR count). The maximum absolute atomic E-state index is 3.84. The second-order valence-corrected chi connectivity index (χ2v) is 9.49. The van der Waals surface area contributed by atoms with E-state index in [1.807, 2.05) is 22.7 Å². The van der Waals surface area contributed by atoms with E-state index in [1.165, 1.54) is 22.6 Å². The number of hydrogen-bond donors (Lipinski definition) is 1. The fourth-order valence-corrected chi connectivity index (χ4v) is 7.01. The normalized spacial score (nSPS) is 24.6. The van der Waals surface area contributed by atoms with Crippen molar-refractivity contribution >= 4 is 22.7 Å². The summed E-state index contributed by atoms with van der Waals surface area (Å²) in [4.78, 5) is 3.06. The van der Waals surface area contributed by atoms with Crippen LogP contribution in [0.1, 0.15) is 51.7 Å². The summed E-state index contributed by atoms with van der Waals surface area (Å²) in [5.74, 6) is 0. The van der Waals surface area contributed by atoms with Crippen molar-refractivity contribution in [2.45, 2.75) is 57.0 Å². The van der Waals surface area contributed by atoms with E-state index >= 15 is 0 Å². The lowest BCUT2D eigenvalue weighted by atomic mass is 9.62. The molecular formula is C17H21NS2. The predicted molar refractivity (Wildman–Crippen MR) is 88.9 cm³/mol. The van der Waals surface area contributed by atoms with E-state index in [9.17, 15) is 0 Å².